The van der Waals surface area contributed by atoms with Crippen LogP contribution in [0.1, 0.15) is 23.7 Å². The van der Waals surface area contributed by atoms with Crippen molar-refractivity contribution in [1.82, 2.24) is 0 Å². The number of phenols is 1. The third-order valence-corrected chi connectivity index (χ3v) is 4.50. The zero-order valence-electron chi connectivity index (χ0n) is 14.8. The van der Waals surface area contributed by atoms with Gasteiger partial charge in [-0.1, -0.05) is 23.4 Å². The maximum absolute atomic E-state index is 12.3. The third-order valence-electron chi connectivity index (χ3n) is 4.50. The van der Waals surface area contributed by atoms with Crippen molar-refractivity contribution in [1.29, 1.82) is 0 Å². The van der Waals surface area contributed by atoms with Gasteiger partial charge in [-0.2, -0.15) is 0 Å². The quantitative estimate of drug-likeness (QED) is 0.711. The molecule has 1 aromatic heterocycles. The van der Waals surface area contributed by atoms with Gasteiger partial charge >= 0.3 is 5.63 Å². The predicted molar refractivity (Wildman–Crippen MR) is 98.7 cm³/mol. The summed E-state index contributed by atoms with van der Waals surface area (Å²) >= 11 is 0. The molecular weight excluding hydrogens is 350 g/mol. The van der Waals surface area contributed by atoms with E-state index >= 15 is 0 Å². The molecule has 1 aliphatic rings. The second-order valence-electron chi connectivity index (χ2n) is 6.10. The second kappa shape index (κ2) is 6.68. The van der Waals surface area contributed by atoms with E-state index in [0.29, 0.717) is 28.8 Å². The number of hydrogen-bond donors (Lipinski definition) is 1. The summed E-state index contributed by atoms with van der Waals surface area (Å²) in [4.78, 5) is 17.9. The maximum atomic E-state index is 12.3. The molecule has 1 aliphatic heterocycles. The minimum Gasteiger partial charge on any atom is -0.502 e. The van der Waals surface area contributed by atoms with Crippen LogP contribution >= 0.6 is 0 Å². The summed E-state index contributed by atoms with van der Waals surface area (Å²) in [6.07, 6.45) is -0.0607. The molecule has 0 aliphatic carbocycles. The Balaban J connectivity index is 1.66. The molecule has 0 spiro atoms. The minimum absolute atomic E-state index is 0.0851. The van der Waals surface area contributed by atoms with E-state index in [1.165, 1.54) is 14.2 Å². The Morgan fingerprint density at radius 1 is 1.11 bits per heavy atom. The van der Waals surface area contributed by atoms with Crippen LogP contribution in [0, 0.1) is 0 Å². The molecule has 0 saturated carbocycles. The Hall–Kier alpha value is -3.48. The maximum Gasteiger partial charge on any atom is 0.345 e. The molecule has 1 atom stereocenters. The van der Waals surface area contributed by atoms with E-state index in [4.69, 9.17) is 18.7 Å². The number of oxime groups is 1. The standard InChI is InChI=1S/C20H17NO6/c1-24-17-8-12(9-18(25-2)19(17)22)16-10-14(21-27-16)13-7-11-5-3-4-6-15(11)26-20(13)23/h3-9,16,22H,10H2,1-2H3/t16-/m0/s1. The lowest BCUT2D eigenvalue weighted by atomic mass is 10.00. The van der Waals surface area contributed by atoms with E-state index in [2.05, 4.69) is 5.16 Å². The molecular formula is C20H17NO6. The lowest BCUT2D eigenvalue weighted by molar-refractivity contribution is 0.0853. The minimum atomic E-state index is -0.461. The van der Waals surface area contributed by atoms with E-state index in [0.717, 1.165) is 5.39 Å². The first-order valence-electron chi connectivity index (χ1n) is 8.31. The first-order valence-corrected chi connectivity index (χ1v) is 8.31. The van der Waals surface area contributed by atoms with Gasteiger partial charge in [-0.3, -0.25) is 0 Å². The van der Waals surface area contributed by atoms with Gasteiger partial charge in [0.25, 0.3) is 0 Å². The molecule has 138 valence electrons. The molecule has 0 fully saturated rings. The Morgan fingerprint density at radius 2 is 1.81 bits per heavy atom. The van der Waals surface area contributed by atoms with Gasteiger partial charge in [0.15, 0.2) is 17.6 Å². The average molecular weight is 367 g/mol. The zero-order valence-corrected chi connectivity index (χ0v) is 14.8. The predicted octanol–water partition coefficient (Wildman–Crippen LogP) is 3.38. The van der Waals surface area contributed by atoms with Gasteiger partial charge in [-0.15, -0.1) is 0 Å². The highest BCUT2D eigenvalue weighted by Gasteiger charge is 2.28. The molecule has 0 bridgehead atoms. The lowest BCUT2D eigenvalue weighted by Gasteiger charge is -2.14. The molecule has 2 heterocycles. The highest BCUT2D eigenvalue weighted by Crippen LogP contribution is 2.41. The van der Waals surface area contributed by atoms with Crippen LogP contribution in [-0.2, 0) is 4.84 Å². The van der Waals surface area contributed by atoms with Crippen LogP contribution in [0.15, 0.2) is 56.8 Å². The van der Waals surface area contributed by atoms with E-state index < -0.39 is 11.7 Å². The monoisotopic (exact) mass is 367 g/mol. The van der Waals surface area contributed by atoms with Crippen LogP contribution in [0.25, 0.3) is 11.0 Å². The topological polar surface area (TPSA) is 90.5 Å². The Labute approximate surface area is 154 Å². The van der Waals surface area contributed by atoms with Crippen LogP contribution in [-0.4, -0.2) is 25.0 Å². The molecule has 0 saturated heterocycles. The molecule has 4 rings (SSSR count). The van der Waals surface area contributed by atoms with Gasteiger partial charge in [-0.05, 0) is 24.3 Å². The van der Waals surface area contributed by atoms with Crippen LogP contribution in [0.5, 0.6) is 17.2 Å². The van der Waals surface area contributed by atoms with Gasteiger partial charge in [0.2, 0.25) is 5.75 Å². The first kappa shape index (κ1) is 17.0. The lowest BCUT2D eigenvalue weighted by Crippen LogP contribution is -2.13. The number of nitrogens with zero attached hydrogens (tertiary/aromatic N) is 1. The molecule has 27 heavy (non-hydrogen) atoms. The summed E-state index contributed by atoms with van der Waals surface area (Å²) < 4.78 is 15.7. The number of hydrogen-bond acceptors (Lipinski definition) is 7. The Morgan fingerprint density at radius 3 is 2.52 bits per heavy atom. The van der Waals surface area contributed by atoms with Crippen LogP contribution < -0.4 is 15.1 Å². The molecule has 1 N–H and O–H groups in total. The van der Waals surface area contributed by atoms with Gasteiger partial charge in [0, 0.05) is 17.4 Å². The fourth-order valence-electron chi connectivity index (χ4n) is 3.08. The summed E-state index contributed by atoms with van der Waals surface area (Å²) in [7, 11) is 2.91. The number of phenolic OH excluding ortho intramolecular Hbond substituents is 1. The first-order chi connectivity index (χ1) is 13.1. The molecule has 7 heteroatoms. The highest BCUT2D eigenvalue weighted by atomic mass is 16.6. The van der Waals surface area contributed by atoms with Gasteiger partial charge in [-0.25, -0.2) is 4.79 Å². The van der Waals surface area contributed by atoms with E-state index in [1.54, 1.807) is 24.3 Å². The number of methoxy groups -OCH3 is 2. The molecule has 0 unspecified atom stereocenters. The van der Waals surface area contributed by atoms with Crippen molar-refractivity contribution in [3.05, 3.63) is 64.0 Å². The fraction of sp³-hybridized carbons (Fsp3) is 0.200. The fourth-order valence-corrected chi connectivity index (χ4v) is 3.08. The van der Waals surface area contributed by atoms with Crippen molar-refractivity contribution in [2.45, 2.75) is 12.5 Å². The molecule has 7 nitrogen and oxygen atoms in total. The van der Waals surface area contributed by atoms with Crippen molar-refractivity contribution < 1.29 is 23.8 Å². The molecule has 0 amide bonds. The molecule has 3 aromatic rings. The Kier molecular flexibility index (Phi) is 4.19. The van der Waals surface area contributed by atoms with Crippen molar-refractivity contribution in [2.75, 3.05) is 14.2 Å². The summed E-state index contributed by atoms with van der Waals surface area (Å²) in [5, 5.41) is 14.9. The van der Waals surface area contributed by atoms with Crippen molar-refractivity contribution in [3.8, 4) is 17.2 Å². The smallest absolute Gasteiger partial charge is 0.345 e. The van der Waals surface area contributed by atoms with E-state index in [9.17, 15) is 9.90 Å². The van der Waals surface area contributed by atoms with Crippen LogP contribution in [0.3, 0.4) is 0 Å². The van der Waals surface area contributed by atoms with E-state index in [1.807, 2.05) is 18.2 Å². The number of benzene rings is 2. The number of aromatic hydroxyl groups is 1. The molecule has 0 radical (unpaired) electrons. The van der Waals surface area contributed by atoms with Gasteiger partial charge in [0.05, 0.1) is 25.5 Å². The van der Waals surface area contributed by atoms with E-state index in [-0.39, 0.29) is 17.2 Å². The zero-order chi connectivity index (χ0) is 19.0. The molecule has 2 aromatic carbocycles. The summed E-state index contributed by atoms with van der Waals surface area (Å²) in [5.74, 6) is 0.455. The second-order valence-corrected chi connectivity index (χ2v) is 6.10. The number of rotatable bonds is 4. The van der Waals surface area contributed by atoms with Crippen molar-refractivity contribution in [3.63, 3.8) is 0 Å². The Bertz CT molecular complexity index is 1080. The van der Waals surface area contributed by atoms with Gasteiger partial charge in [0.1, 0.15) is 5.58 Å². The number of fused-ring (bicyclic) bond motifs is 1. The SMILES string of the molecule is COc1cc([C@@H]2CC(c3cc4ccccc4oc3=O)=NO2)cc(OC)c1O. The highest BCUT2D eigenvalue weighted by molar-refractivity contribution is 6.02. The number of ether oxygens (including phenoxy) is 2. The summed E-state index contributed by atoms with van der Waals surface area (Å²) in [6.45, 7) is 0. The van der Waals surface area contributed by atoms with Crippen molar-refractivity contribution >= 4 is 16.7 Å². The number of para-hydroxylation sites is 1. The third kappa shape index (κ3) is 2.97. The average Bonchev–Trinajstić information content (AvgIpc) is 3.17. The van der Waals surface area contributed by atoms with Crippen molar-refractivity contribution in [2.24, 2.45) is 5.16 Å². The van der Waals surface area contributed by atoms with Gasteiger partial charge < -0.3 is 23.8 Å². The van der Waals surface area contributed by atoms with Crippen LogP contribution in [0.4, 0.5) is 0 Å². The summed E-state index contributed by atoms with van der Waals surface area (Å²) in [6, 6.07) is 12.4. The normalized spacial score (nSPS) is 16.1. The summed E-state index contributed by atoms with van der Waals surface area (Å²) in [5.41, 5.74) is 1.65. The largest absolute Gasteiger partial charge is 0.502 e. The van der Waals surface area contributed by atoms with Crippen LogP contribution in [0.2, 0.25) is 0 Å².